The van der Waals surface area contributed by atoms with E-state index in [1.165, 1.54) is 0 Å². The van der Waals surface area contributed by atoms with Crippen molar-refractivity contribution >= 4 is 10.0 Å². The van der Waals surface area contributed by atoms with Crippen molar-refractivity contribution in [2.45, 2.75) is 33.2 Å². The minimum atomic E-state index is -3.13. The van der Waals surface area contributed by atoms with Crippen LogP contribution >= 0.6 is 0 Å². The van der Waals surface area contributed by atoms with Gasteiger partial charge in [0.2, 0.25) is 10.0 Å². The average Bonchev–Trinajstić information content (AvgIpc) is 2.36. The topological polar surface area (TPSA) is 52.7 Å². The molecule has 0 radical (unpaired) electrons. The molecule has 114 valence electrons. The second-order valence-electron chi connectivity index (χ2n) is 5.90. The van der Waals surface area contributed by atoms with E-state index in [2.05, 4.69) is 24.1 Å². The Morgan fingerprint density at radius 2 is 1.79 bits per heavy atom. The van der Waals surface area contributed by atoms with Crippen LogP contribution in [0.2, 0.25) is 0 Å². The van der Waals surface area contributed by atoms with Crippen LogP contribution in [0.4, 0.5) is 0 Å². The normalized spacial score (nSPS) is 20.1. The van der Waals surface area contributed by atoms with Gasteiger partial charge in [-0.1, -0.05) is 13.8 Å². The first-order valence-corrected chi connectivity index (χ1v) is 8.82. The molecule has 1 saturated heterocycles. The van der Waals surface area contributed by atoms with Crippen LogP contribution < -0.4 is 5.32 Å². The molecular weight excluding hydrogens is 262 g/mol. The highest BCUT2D eigenvalue weighted by molar-refractivity contribution is 7.89. The lowest BCUT2D eigenvalue weighted by atomic mass is 10.1. The summed E-state index contributed by atoms with van der Waals surface area (Å²) in [6.45, 7) is 10.7. The zero-order chi connectivity index (χ0) is 14.5. The van der Waals surface area contributed by atoms with Crippen LogP contribution in [-0.2, 0) is 10.0 Å². The van der Waals surface area contributed by atoms with Gasteiger partial charge in [-0.2, -0.15) is 0 Å². The Balaban J connectivity index is 2.45. The number of nitrogens with zero attached hydrogens (tertiary/aromatic N) is 2. The van der Waals surface area contributed by atoms with E-state index in [0.29, 0.717) is 12.5 Å². The zero-order valence-corrected chi connectivity index (χ0v) is 13.5. The molecule has 1 aliphatic rings. The van der Waals surface area contributed by atoms with Crippen molar-refractivity contribution in [3.8, 4) is 0 Å². The molecule has 0 bridgehead atoms. The van der Waals surface area contributed by atoms with E-state index < -0.39 is 10.0 Å². The van der Waals surface area contributed by atoms with Crippen molar-refractivity contribution in [2.24, 2.45) is 5.92 Å². The maximum atomic E-state index is 12.3. The van der Waals surface area contributed by atoms with Crippen molar-refractivity contribution in [3.63, 3.8) is 0 Å². The predicted octanol–water partition coefficient (Wildman–Crippen LogP) is 0.588. The summed E-state index contributed by atoms with van der Waals surface area (Å²) in [7, 11) is -1.42. The van der Waals surface area contributed by atoms with E-state index in [-0.39, 0.29) is 11.8 Å². The van der Waals surface area contributed by atoms with Crippen LogP contribution in [0.3, 0.4) is 0 Å². The standard InChI is InChI=1S/C13H29N3O2S/c1-12(2)11-13(3)15(4)19(17,18)10-9-16-7-5-14-6-8-16/h12-14H,5-11H2,1-4H3. The molecular formula is C13H29N3O2S. The summed E-state index contributed by atoms with van der Waals surface area (Å²) in [4.78, 5) is 2.22. The first-order chi connectivity index (χ1) is 8.83. The molecule has 19 heavy (non-hydrogen) atoms. The minimum absolute atomic E-state index is 0.0769. The van der Waals surface area contributed by atoms with Crippen LogP contribution in [0.15, 0.2) is 0 Å². The summed E-state index contributed by atoms with van der Waals surface area (Å²) in [6.07, 6.45) is 0.906. The molecule has 0 aromatic rings. The molecule has 1 N–H and O–H groups in total. The van der Waals surface area contributed by atoms with Gasteiger partial charge in [-0.05, 0) is 19.3 Å². The molecule has 5 nitrogen and oxygen atoms in total. The highest BCUT2D eigenvalue weighted by atomic mass is 32.2. The number of nitrogens with one attached hydrogen (secondary N) is 1. The fourth-order valence-electron chi connectivity index (χ4n) is 2.43. The van der Waals surface area contributed by atoms with Crippen molar-refractivity contribution in [3.05, 3.63) is 0 Å². The highest BCUT2D eigenvalue weighted by Crippen LogP contribution is 2.13. The second-order valence-corrected chi connectivity index (χ2v) is 8.05. The monoisotopic (exact) mass is 291 g/mol. The Labute approximate surface area is 118 Å². The van der Waals surface area contributed by atoms with Crippen molar-refractivity contribution < 1.29 is 8.42 Å². The molecule has 0 aliphatic carbocycles. The molecule has 0 aromatic heterocycles. The lowest BCUT2D eigenvalue weighted by Gasteiger charge is -2.29. The fourth-order valence-corrected chi connectivity index (χ4v) is 3.84. The first kappa shape index (κ1) is 16.9. The molecule has 0 amide bonds. The number of piperazine rings is 1. The van der Waals surface area contributed by atoms with Gasteiger partial charge in [0.05, 0.1) is 5.75 Å². The molecule has 1 rings (SSSR count). The van der Waals surface area contributed by atoms with Crippen molar-refractivity contribution in [1.82, 2.24) is 14.5 Å². The Bertz CT molecular complexity index is 351. The van der Waals surface area contributed by atoms with Gasteiger partial charge in [-0.3, -0.25) is 4.90 Å². The van der Waals surface area contributed by atoms with Crippen LogP contribution in [-0.4, -0.2) is 69.2 Å². The first-order valence-electron chi connectivity index (χ1n) is 7.21. The molecule has 0 aromatic carbocycles. The van der Waals surface area contributed by atoms with E-state index in [9.17, 15) is 8.42 Å². The van der Waals surface area contributed by atoms with Crippen LogP contribution in [0.25, 0.3) is 0 Å². The zero-order valence-electron chi connectivity index (χ0n) is 12.7. The Hall–Kier alpha value is -0.170. The van der Waals surface area contributed by atoms with Gasteiger partial charge in [0.15, 0.2) is 0 Å². The summed E-state index contributed by atoms with van der Waals surface area (Å²) >= 11 is 0. The molecule has 1 unspecified atom stereocenters. The van der Waals surface area contributed by atoms with Gasteiger partial charge in [0, 0.05) is 45.8 Å². The van der Waals surface area contributed by atoms with Crippen LogP contribution in [0, 0.1) is 5.92 Å². The molecule has 1 heterocycles. The Morgan fingerprint density at radius 1 is 1.21 bits per heavy atom. The number of hydrogen-bond acceptors (Lipinski definition) is 4. The van der Waals surface area contributed by atoms with Gasteiger partial charge in [-0.15, -0.1) is 0 Å². The summed E-state index contributed by atoms with van der Waals surface area (Å²) in [6, 6.07) is 0.0769. The number of rotatable bonds is 7. The molecule has 6 heteroatoms. The molecule has 1 atom stereocenters. The fraction of sp³-hybridized carbons (Fsp3) is 1.00. The van der Waals surface area contributed by atoms with E-state index in [1.54, 1.807) is 11.4 Å². The highest BCUT2D eigenvalue weighted by Gasteiger charge is 2.24. The van der Waals surface area contributed by atoms with Gasteiger partial charge in [0.25, 0.3) is 0 Å². The largest absolute Gasteiger partial charge is 0.314 e. The molecule has 0 spiro atoms. The molecule has 1 fully saturated rings. The lowest BCUT2D eigenvalue weighted by molar-refractivity contribution is 0.251. The maximum Gasteiger partial charge on any atom is 0.215 e. The predicted molar refractivity (Wildman–Crippen MR) is 79.8 cm³/mol. The number of hydrogen-bond donors (Lipinski definition) is 1. The summed E-state index contributed by atoms with van der Waals surface area (Å²) in [5.74, 6) is 0.743. The van der Waals surface area contributed by atoms with Crippen LogP contribution in [0.1, 0.15) is 27.2 Å². The SMILES string of the molecule is CC(C)CC(C)N(C)S(=O)(=O)CCN1CCNCC1. The van der Waals surface area contributed by atoms with E-state index in [0.717, 1.165) is 32.6 Å². The number of sulfonamides is 1. The summed E-state index contributed by atoms with van der Waals surface area (Å²) < 4.78 is 26.1. The smallest absolute Gasteiger partial charge is 0.215 e. The average molecular weight is 291 g/mol. The lowest BCUT2D eigenvalue weighted by Crippen LogP contribution is -2.46. The third kappa shape index (κ3) is 5.77. The van der Waals surface area contributed by atoms with Crippen molar-refractivity contribution in [1.29, 1.82) is 0 Å². The second kappa shape index (κ2) is 7.57. The van der Waals surface area contributed by atoms with Gasteiger partial charge in [0.1, 0.15) is 0 Å². The Kier molecular flexibility index (Phi) is 6.73. The maximum absolute atomic E-state index is 12.3. The van der Waals surface area contributed by atoms with Gasteiger partial charge >= 0.3 is 0 Å². The molecule has 0 saturated carbocycles. The Morgan fingerprint density at radius 3 is 2.32 bits per heavy atom. The quantitative estimate of drug-likeness (QED) is 0.746. The van der Waals surface area contributed by atoms with E-state index >= 15 is 0 Å². The summed E-state index contributed by atoms with van der Waals surface area (Å²) in [5, 5.41) is 3.27. The molecule has 1 aliphatic heterocycles. The van der Waals surface area contributed by atoms with E-state index in [4.69, 9.17) is 0 Å². The summed E-state index contributed by atoms with van der Waals surface area (Å²) in [5.41, 5.74) is 0. The third-order valence-corrected chi connectivity index (χ3v) is 5.68. The van der Waals surface area contributed by atoms with Crippen LogP contribution in [0.5, 0.6) is 0 Å². The van der Waals surface area contributed by atoms with Crippen molar-refractivity contribution in [2.75, 3.05) is 45.5 Å². The van der Waals surface area contributed by atoms with E-state index in [1.807, 2.05) is 6.92 Å². The van der Waals surface area contributed by atoms with Gasteiger partial charge < -0.3 is 5.32 Å². The van der Waals surface area contributed by atoms with Gasteiger partial charge in [-0.25, -0.2) is 12.7 Å². The minimum Gasteiger partial charge on any atom is -0.314 e. The third-order valence-electron chi connectivity index (χ3n) is 3.75.